The molecule has 0 amide bonds. The van der Waals surface area contributed by atoms with Gasteiger partial charge in [0.2, 0.25) is 0 Å². The van der Waals surface area contributed by atoms with Crippen LogP contribution in [-0.2, 0) is 23.9 Å². The van der Waals surface area contributed by atoms with Crippen molar-refractivity contribution in [1.82, 2.24) is 0 Å². The normalized spacial score (nSPS) is 25.4. The molecule has 6 nitrogen and oxygen atoms in total. The highest BCUT2D eigenvalue weighted by atomic mass is 19.4. The van der Waals surface area contributed by atoms with Crippen LogP contribution >= 0.6 is 0 Å². The Balaban J connectivity index is 2.44. The number of methoxy groups -OCH3 is 1. The highest BCUT2D eigenvalue weighted by Gasteiger charge is 2.74. The predicted octanol–water partition coefficient (Wildman–Crippen LogP) is 6.76. The first kappa shape index (κ1) is 32.0. The zero-order valence-electron chi connectivity index (χ0n) is 24.5. The predicted molar refractivity (Wildman–Crippen MR) is 147 cm³/mol. The lowest BCUT2D eigenvalue weighted by Gasteiger charge is -2.60. The molecule has 0 heterocycles. The minimum absolute atomic E-state index is 0.0389. The topological polar surface area (TPSA) is 86.7 Å². The number of halogens is 3. The molecule has 2 bridgehead atoms. The Morgan fingerprint density at radius 2 is 1.54 bits per heavy atom. The van der Waals surface area contributed by atoms with Gasteiger partial charge in [-0.3, -0.25) is 19.2 Å². The third-order valence-corrected chi connectivity index (χ3v) is 8.43. The van der Waals surface area contributed by atoms with E-state index in [1.54, 1.807) is 70.2 Å². The van der Waals surface area contributed by atoms with Crippen molar-refractivity contribution in [2.24, 2.45) is 22.2 Å². The molecular formula is C32H37F3O6. The summed E-state index contributed by atoms with van der Waals surface area (Å²) in [4.78, 5) is 56.7. The number of fused-ring (bicyclic) bond motifs is 2. The Morgan fingerprint density at radius 3 is 2.05 bits per heavy atom. The molecule has 41 heavy (non-hydrogen) atoms. The Kier molecular flexibility index (Phi) is 8.92. The fraction of sp³-hybridized carbons (Fsp3) is 0.500. The number of alkyl halides is 3. The first-order valence-corrected chi connectivity index (χ1v) is 13.4. The molecule has 1 unspecified atom stereocenters. The first-order valence-electron chi connectivity index (χ1n) is 13.4. The maximum absolute atomic E-state index is 14.8. The number of benzene rings is 1. The summed E-state index contributed by atoms with van der Waals surface area (Å²) in [6.07, 6.45) is -1.90. The van der Waals surface area contributed by atoms with Crippen molar-refractivity contribution in [2.45, 2.75) is 67.0 Å². The second-order valence-electron chi connectivity index (χ2n) is 11.9. The Morgan fingerprint density at radius 1 is 0.976 bits per heavy atom. The van der Waals surface area contributed by atoms with Crippen LogP contribution in [0.15, 0.2) is 65.0 Å². The smallest absolute Gasteiger partial charge is 0.422 e. The average molecular weight is 575 g/mol. The minimum atomic E-state index is -4.76. The molecule has 0 spiro atoms. The van der Waals surface area contributed by atoms with Gasteiger partial charge in [0.15, 0.2) is 24.0 Å². The van der Waals surface area contributed by atoms with Gasteiger partial charge in [-0.15, -0.1) is 0 Å². The van der Waals surface area contributed by atoms with E-state index in [-0.39, 0.29) is 29.7 Å². The Labute approximate surface area is 238 Å². The van der Waals surface area contributed by atoms with Gasteiger partial charge in [0.25, 0.3) is 0 Å². The van der Waals surface area contributed by atoms with E-state index in [1.165, 1.54) is 7.11 Å². The van der Waals surface area contributed by atoms with Crippen LogP contribution in [0.4, 0.5) is 13.2 Å². The van der Waals surface area contributed by atoms with Crippen LogP contribution < -0.4 is 0 Å². The van der Waals surface area contributed by atoms with Gasteiger partial charge >= 0.3 is 12.1 Å². The second-order valence-corrected chi connectivity index (χ2v) is 11.9. The van der Waals surface area contributed by atoms with Crippen LogP contribution in [0.1, 0.15) is 71.2 Å². The van der Waals surface area contributed by atoms with Gasteiger partial charge in [-0.05, 0) is 52.4 Å². The standard InChI is InChI=1S/C32H37F3O6/c1-19(2)13-15-30-17-22(27(38)41-18-32(33,34)35)29(5,6)31(28(30)39,16-14-20(3)4)26(40-7)23(25(30)37)24(36)21-11-9-8-10-12-21/h8-14,22H,15-18H2,1-7H3/t22-,30?,31-/m1/s1. The maximum atomic E-state index is 14.8. The lowest BCUT2D eigenvalue weighted by atomic mass is 9.40. The molecule has 2 aliphatic carbocycles. The van der Waals surface area contributed by atoms with Gasteiger partial charge in [0, 0.05) is 5.56 Å². The molecule has 222 valence electrons. The fourth-order valence-corrected chi connectivity index (χ4v) is 6.14. The number of rotatable bonds is 9. The van der Waals surface area contributed by atoms with Crippen LogP contribution in [0, 0.1) is 22.2 Å². The number of Topliss-reactive ketones (excluding diaryl/α,β-unsaturated/α-hetero) is 3. The van der Waals surface area contributed by atoms with E-state index in [4.69, 9.17) is 9.47 Å². The number of hydrogen-bond acceptors (Lipinski definition) is 6. The highest BCUT2D eigenvalue weighted by molar-refractivity contribution is 6.35. The molecule has 0 radical (unpaired) electrons. The molecule has 3 atom stereocenters. The van der Waals surface area contributed by atoms with E-state index in [0.29, 0.717) is 0 Å². The van der Waals surface area contributed by atoms with E-state index in [9.17, 15) is 32.3 Å². The van der Waals surface area contributed by atoms with Gasteiger partial charge in [0.1, 0.15) is 11.3 Å². The van der Waals surface area contributed by atoms with Crippen LogP contribution in [0.2, 0.25) is 0 Å². The molecule has 9 heteroatoms. The summed E-state index contributed by atoms with van der Waals surface area (Å²) >= 11 is 0. The van der Waals surface area contributed by atoms with Gasteiger partial charge in [-0.2, -0.15) is 13.2 Å². The number of ether oxygens (including phenoxy) is 2. The van der Waals surface area contributed by atoms with E-state index in [2.05, 4.69) is 0 Å². The minimum Gasteiger partial charge on any atom is -0.499 e. The Hall–Kier alpha value is -3.49. The van der Waals surface area contributed by atoms with Crippen molar-refractivity contribution in [3.8, 4) is 0 Å². The summed E-state index contributed by atoms with van der Waals surface area (Å²) in [7, 11) is 1.25. The zero-order valence-corrected chi connectivity index (χ0v) is 24.5. The highest BCUT2D eigenvalue weighted by Crippen LogP contribution is 2.67. The summed E-state index contributed by atoms with van der Waals surface area (Å²) in [5, 5.41) is 0. The molecular weight excluding hydrogens is 537 g/mol. The lowest BCUT2D eigenvalue weighted by Crippen LogP contribution is -2.67. The van der Waals surface area contributed by atoms with Gasteiger partial charge in [0.05, 0.1) is 23.9 Å². The first-order chi connectivity index (χ1) is 19.0. The van der Waals surface area contributed by atoms with Crippen LogP contribution in [0.25, 0.3) is 0 Å². The van der Waals surface area contributed by atoms with E-state index < -0.39 is 64.7 Å². The van der Waals surface area contributed by atoms with Crippen molar-refractivity contribution < 1.29 is 41.8 Å². The van der Waals surface area contributed by atoms with E-state index >= 15 is 0 Å². The van der Waals surface area contributed by atoms with Crippen molar-refractivity contribution in [2.75, 3.05) is 13.7 Å². The lowest BCUT2D eigenvalue weighted by molar-refractivity contribution is -0.200. The number of carbonyl (C=O) groups excluding carboxylic acids is 4. The summed E-state index contributed by atoms with van der Waals surface area (Å²) in [5.74, 6) is -4.58. The van der Waals surface area contributed by atoms with Crippen LogP contribution in [-0.4, -0.2) is 43.2 Å². The molecule has 1 aromatic carbocycles. The molecule has 2 aliphatic rings. The van der Waals surface area contributed by atoms with Crippen molar-refractivity contribution >= 4 is 23.3 Å². The van der Waals surface area contributed by atoms with Crippen molar-refractivity contribution in [1.29, 1.82) is 0 Å². The third-order valence-electron chi connectivity index (χ3n) is 8.43. The monoisotopic (exact) mass is 574 g/mol. The molecule has 0 N–H and O–H groups in total. The zero-order chi connectivity index (χ0) is 31.0. The van der Waals surface area contributed by atoms with E-state index in [0.717, 1.165) is 11.1 Å². The fourth-order valence-electron chi connectivity index (χ4n) is 6.14. The van der Waals surface area contributed by atoms with Crippen LogP contribution in [0.5, 0.6) is 0 Å². The van der Waals surface area contributed by atoms with Gasteiger partial charge in [-0.25, -0.2) is 0 Å². The van der Waals surface area contributed by atoms with E-state index in [1.807, 2.05) is 13.8 Å². The largest absolute Gasteiger partial charge is 0.499 e. The second kappa shape index (κ2) is 11.4. The number of hydrogen-bond donors (Lipinski definition) is 0. The number of esters is 1. The molecule has 1 fully saturated rings. The maximum Gasteiger partial charge on any atom is 0.422 e. The molecule has 1 saturated carbocycles. The van der Waals surface area contributed by atoms with Crippen molar-refractivity contribution in [3.63, 3.8) is 0 Å². The summed E-state index contributed by atoms with van der Waals surface area (Å²) in [5.41, 5.74) is -3.50. The summed E-state index contributed by atoms with van der Waals surface area (Å²) < 4.78 is 49.7. The quantitative estimate of drug-likeness (QED) is 0.107. The number of allylic oxidation sites excluding steroid dienone is 6. The third kappa shape index (κ3) is 5.55. The van der Waals surface area contributed by atoms with Gasteiger partial charge < -0.3 is 9.47 Å². The summed E-state index contributed by atoms with van der Waals surface area (Å²) in [6.45, 7) is 8.55. The number of ketones is 3. The van der Waals surface area contributed by atoms with Gasteiger partial charge in [-0.1, -0.05) is 67.5 Å². The average Bonchev–Trinajstić information content (AvgIpc) is 2.89. The van der Waals surface area contributed by atoms with Crippen LogP contribution in [0.3, 0.4) is 0 Å². The van der Waals surface area contributed by atoms with Crippen molar-refractivity contribution in [3.05, 3.63) is 70.5 Å². The molecule has 0 aliphatic heterocycles. The molecule has 0 aromatic heterocycles. The molecule has 1 aromatic rings. The summed E-state index contributed by atoms with van der Waals surface area (Å²) in [6, 6.07) is 8.12. The SMILES string of the molecule is COC1=C(C(=O)c2ccccc2)C(=O)C2(CC=C(C)C)C[C@H](C(=O)OCC(F)(F)F)C(C)(C)[C@@]1(CC=C(C)C)C2=O. The molecule has 3 rings (SSSR count). The molecule has 0 saturated heterocycles. The number of carbonyl (C=O) groups is 4. The Bertz CT molecular complexity index is 1330.